The summed E-state index contributed by atoms with van der Waals surface area (Å²) < 4.78 is 29.9. The summed E-state index contributed by atoms with van der Waals surface area (Å²) >= 11 is 0. The SMILES string of the molecule is CN=C(NCCc1ccc(OC)c(OC)c1OC)NCC1(c2cccc(F)c2)CC1. The first-order chi connectivity index (χ1) is 14.6. The van der Waals surface area contributed by atoms with Gasteiger partial charge in [0.1, 0.15) is 5.82 Å². The molecule has 3 rings (SSSR count). The van der Waals surface area contributed by atoms with E-state index in [-0.39, 0.29) is 11.2 Å². The number of hydrogen-bond acceptors (Lipinski definition) is 4. The van der Waals surface area contributed by atoms with Crippen LogP contribution in [0.1, 0.15) is 24.0 Å². The van der Waals surface area contributed by atoms with Crippen LogP contribution in [0.3, 0.4) is 0 Å². The van der Waals surface area contributed by atoms with Crippen molar-refractivity contribution in [3.8, 4) is 17.2 Å². The van der Waals surface area contributed by atoms with Gasteiger partial charge in [0, 0.05) is 31.1 Å². The fourth-order valence-electron chi connectivity index (χ4n) is 3.69. The Balaban J connectivity index is 1.57. The van der Waals surface area contributed by atoms with E-state index in [0.29, 0.717) is 23.8 Å². The third-order valence-corrected chi connectivity index (χ3v) is 5.58. The van der Waals surface area contributed by atoms with Crippen LogP contribution in [0.5, 0.6) is 17.2 Å². The van der Waals surface area contributed by atoms with E-state index >= 15 is 0 Å². The lowest BCUT2D eigenvalue weighted by molar-refractivity contribution is 0.322. The number of nitrogens with zero attached hydrogens (tertiary/aromatic N) is 1. The van der Waals surface area contributed by atoms with Gasteiger partial charge >= 0.3 is 0 Å². The van der Waals surface area contributed by atoms with E-state index < -0.39 is 0 Å². The van der Waals surface area contributed by atoms with Crippen molar-refractivity contribution in [1.82, 2.24) is 10.6 Å². The summed E-state index contributed by atoms with van der Waals surface area (Å²) in [5.74, 6) is 2.42. The smallest absolute Gasteiger partial charge is 0.203 e. The molecule has 162 valence electrons. The van der Waals surface area contributed by atoms with Crippen molar-refractivity contribution in [2.75, 3.05) is 41.5 Å². The Kier molecular flexibility index (Phi) is 7.03. The van der Waals surface area contributed by atoms with Gasteiger partial charge in [-0.2, -0.15) is 0 Å². The second-order valence-electron chi connectivity index (χ2n) is 7.39. The Morgan fingerprint density at radius 1 is 1.03 bits per heavy atom. The molecule has 2 N–H and O–H groups in total. The first-order valence-electron chi connectivity index (χ1n) is 10.1. The Hall–Kier alpha value is -2.96. The number of aliphatic imine (C=N–C) groups is 1. The summed E-state index contributed by atoms with van der Waals surface area (Å²) in [6.07, 6.45) is 2.81. The highest BCUT2D eigenvalue weighted by atomic mass is 19.1. The quantitative estimate of drug-likeness (QED) is 0.486. The fourth-order valence-corrected chi connectivity index (χ4v) is 3.69. The van der Waals surface area contributed by atoms with Gasteiger partial charge in [0.15, 0.2) is 17.5 Å². The van der Waals surface area contributed by atoms with Gasteiger partial charge in [-0.1, -0.05) is 18.2 Å². The number of nitrogens with one attached hydrogen (secondary N) is 2. The minimum Gasteiger partial charge on any atom is -0.493 e. The van der Waals surface area contributed by atoms with Gasteiger partial charge in [-0.3, -0.25) is 4.99 Å². The summed E-state index contributed by atoms with van der Waals surface area (Å²) in [5.41, 5.74) is 2.05. The highest BCUT2D eigenvalue weighted by Gasteiger charge is 2.44. The van der Waals surface area contributed by atoms with Gasteiger partial charge in [0.25, 0.3) is 0 Å². The van der Waals surface area contributed by atoms with E-state index in [1.165, 1.54) is 6.07 Å². The highest BCUT2D eigenvalue weighted by molar-refractivity contribution is 5.79. The molecule has 0 saturated heterocycles. The Bertz CT molecular complexity index is 897. The van der Waals surface area contributed by atoms with Crippen molar-refractivity contribution in [1.29, 1.82) is 0 Å². The molecule has 30 heavy (non-hydrogen) atoms. The van der Waals surface area contributed by atoms with Crippen LogP contribution in [0.25, 0.3) is 0 Å². The minimum absolute atomic E-state index is 0.00765. The average molecular weight is 416 g/mol. The molecule has 1 aliphatic rings. The van der Waals surface area contributed by atoms with Crippen LogP contribution in [0.4, 0.5) is 4.39 Å². The van der Waals surface area contributed by atoms with Crippen molar-refractivity contribution in [2.24, 2.45) is 4.99 Å². The van der Waals surface area contributed by atoms with Gasteiger partial charge in [-0.25, -0.2) is 4.39 Å². The molecule has 0 atom stereocenters. The Labute approximate surface area is 177 Å². The zero-order chi connectivity index (χ0) is 21.6. The largest absolute Gasteiger partial charge is 0.493 e. The maximum atomic E-state index is 13.6. The first kappa shape index (κ1) is 21.7. The highest BCUT2D eigenvalue weighted by Crippen LogP contribution is 2.47. The van der Waals surface area contributed by atoms with Crippen molar-refractivity contribution in [3.63, 3.8) is 0 Å². The molecule has 0 aliphatic heterocycles. The molecule has 0 radical (unpaired) electrons. The van der Waals surface area contributed by atoms with Gasteiger partial charge in [-0.05, 0) is 43.0 Å². The predicted molar refractivity (Wildman–Crippen MR) is 116 cm³/mol. The molecular weight excluding hydrogens is 385 g/mol. The van der Waals surface area contributed by atoms with Crippen molar-refractivity contribution in [3.05, 3.63) is 53.3 Å². The predicted octanol–water partition coefficient (Wildman–Crippen LogP) is 3.29. The number of guanidine groups is 1. The summed E-state index contributed by atoms with van der Waals surface area (Å²) in [6, 6.07) is 10.7. The molecule has 0 bridgehead atoms. The molecule has 0 unspecified atom stereocenters. The summed E-state index contributed by atoms with van der Waals surface area (Å²) in [5, 5.41) is 6.72. The number of ether oxygens (including phenoxy) is 3. The summed E-state index contributed by atoms with van der Waals surface area (Å²) in [4.78, 5) is 4.31. The molecule has 2 aromatic rings. The normalized spacial score (nSPS) is 14.8. The first-order valence-corrected chi connectivity index (χ1v) is 10.1. The molecule has 1 fully saturated rings. The van der Waals surface area contributed by atoms with E-state index in [9.17, 15) is 4.39 Å². The lowest BCUT2D eigenvalue weighted by atomic mass is 9.96. The molecule has 0 aromatic heterocycles. The Morgan fingerprint density at radius 2 is 1.80 bits per heavy atom. The molecule has 1 saturated carbocycles. The number of benzene rings is 2. The van der Waals surface area contributed by atoms with Crippen LogP contribution in [0, 0.1) is 5.82 Å². The van der Waals surface area contributed by atoms with Crippen LogP contribution in [0.2, 0.25) is 0 Å². The zero-order valence-electron chi connectivity index (χ0n) is 18.0. The van der Waals surface area contributed by atoms with Gasteiger partial charge in [-0.15, -0.1) is 0 Å². The summed E-state index contributed by atoms with van der Waals surface area (Å²) in [7, 11) is 6.56. The molecule has 0 heterocycles. The number of halogens is 1. The lowest BCUT2D eigenvalue weighted by Crippen LogP contribution is -2.42. The van der Waals surface area contributed by atoms with Crippen LogP contribution in [0.15, 0.2) is 41.4 Å². The van der Waals surface area contributed by atoms with E-state index in [1.807, 2.05) is 18.2 Å². The minimum atomic E-state index is -0.190. The zero-order valence-corrected chi connectivity index (χ0v) is 18.0. The van der Waals surface area contributed by atoms with Crippen LogP contribution in [-0.2, 0) is 11.8 Å². The second kappa shape index (κ2) is 9.69. The van der Waals surface area contributed by atoms with E-state index in [1.54, 1.807) is 40.5 Å². The third-order valence-electron chi connectivity index (χ3n) is 5.58. The fraction of sp³-hybridized carbons (Fsp3) is 0.435. The summed E-state index contributed by atoms with van der Waals surface area (Å²) in [6.45, 7) is 1.38. The third kappa shape index (κ3) is 4.78. The molecule has 0 amide bonds. The van der Waals surface area contributed by atoms with E-state index in [4.69, 9.17) is 14.2 Å². The van der Waals surface area contributed by atoms with Gasteiger partial charge in [0.2, 0.25) is 5.75 Å². The monoisotopic (exact) mass is 415 g/mol. The van der Waals surface area contributed by atoms with E-state index in [2.05, 4.69) is 15.6 Å². The number of rotatable bonds is 9. The van der Waals surface area contributed by atoms with Crippen molar-refractivity contribution >= 4 is 5.96 Å². The van der Waals surface area contributed by atoms with Crippen molar-refractivity contribution < 1.29 is 18.6 Å². The maximum absolute atomic E-state index is 13.6. The van der Waals surface area contributed by atoms with Crippen LogP contribution in [-0.4, -0.2) is 47.4 Å². The number of hydrogen-bond donors (Lipinski definition) is 2. The average Bonchev–Trinajstić information content (AvgIpc) is 3.56. The molecule has 6 nitrogen and oxygen atoms in total. The van der Waals surface area contributed by atoms with Crippen LogP contribution >= 0.6 is 0 Å². The standard InChI is InChI=1S/C23H30FN3O3/c1-25-22(27-15-23(11-12-23)17-6-5-7-18(24)14-17)26-13-10-16-8-9-19(28-2)21(30-4)20(16)29-3/h5-9,14H,10-13,15H2,1-4H3,(H2,25,26,27). The van der Waals surface area contributed by atoms with Gasteiger partial charge < -0.3 is 24.8 Å². The van der Waals surface area contributed by atoms with Crippen LogP contribution < -0.4 is 24.8 Å². The van der Waals surface area contributed by atoms with Gasteiger partial charge in [0.05, 0.1) is 21.3 Å². The second-order valence-corrected chi connectivity index (χ2v) is 7.39. The molecule has 1 aliphatic carbocycles. The van der Waals surface area contributed by atoms with E-state index in [0.717, 1.165) is 42.9 Å². The topological polar surface area (TPSA) is 64.1 Å². The molecule has 7 heteroatoms. The lowest BCUT2D eigenvalue weighted by Gasteiger charge is -2.20. The molecule has 0 spiro atoms. The number of methoxy groups -OCH3 is 3. The molecular formula is C23H30FN3O3. The molecule has 2 aromatic carbocycles. The maximum Gasteiger partial charge on any atom is 0.203 e. The van der Waals surface area contributed by atoms with Crippen molar-refractivity contribution in [2.45, 2.75) is 24.7 Å². The Morgan fingerprint density at radius 3 is 2.40 bits per heavy atom.